The molecule has 1 aromatic heterocycles. The highest BCUT2D eigenvalue weighted by atomic mass is 19.1. The molecule has 0 aliphatic carbocycles. The zero-order valence-electron chi connectivity index (χ0n) is 17.5. The number of amides is 2. The summed E-state index contributed by atoms with van der Waals surface area (Å²) in [5.74, 6) is -0.158. The number of halogens is 1. The summed E-state index contributed by atoms with van der Waals surface area (Å²) in [7, 11) is -2.53. The molecule has 2 heterocycles. The first-order chi connectivity index (χ1) is 13.7. The molecule has 0 saturated carbocycles. The van der Waals surface area contributed by atoms with Crippen LogP contribution in [0.15, 0.2) is 42.7 Å². The molecule has 0 spiro atoms. The topological polar surface area (TPSA) is 57.7 Å². The molecule has 0 unspecified atom stereocenters. The number of nitrogens with one attached hydrogen (secondary N) is 1. The van der Waals surface area contributed by atoms with Crippen LogP contribution in [0, 0.1) is 5.82 Å². The highest BCUT2D eigenvalue weighted by molar-refractivity contribution is 5.75. The summed E-state index contributed by atoms with van der Waals surface area (Å²) in [6.07, 6.45) is 2.73. The van der Waals surface area contributed by atoms with Gasteiger partial charge in [0.15, 0.2) is 5.82 Å². The molecule has 3 rings (SSSR count). The first-order valence-electron chi connectivity index (χ1n) is 9.92. The molecule has 0 radical (unpaired) electrons. The minimum atomic E-state index is -2.53. The van der Waals surface area contributed by atoms with Gasteiger partial charge in [0.2, 0.25) is 0 Å². The van der Waals surface area contributed by atoms with E-state index < -0.39 is 7.04 Å². The fourth-order valence-corrected chi connectivity index (χ4v) is 2.98. The van der Waals surface area contributed by atoms with Gasteiger partial charge in [0.25, 0.3) is 0 Å². The third-order valence-electron chi connectivity index (χ3n) is 4.47. The highest BCUT2D eigenvalue weighted by Gasteiger charge is 2.23. The van der Waals surface area contributed by atoms with Crippen molar-refractivity contribution in [3.05, 3.63) is 54.1 Å². The quantitative estimate of drug-likeness (QED) is 0.910. The zero-order valence-corrected chi connectivity index (χ0v) is 14.5. The Bertz CT molecular complexity index is 857. The van der Waals surface area contributed by atoms with Crippen molar-refractivity contribution in [1.29, 1.82) is 0 Å². The molecule has 1 N–H and O–H groups in total. The Morgan fingerprint density at radius 1 is 1.35 bits per heavy atom. The second kappa shape index (κ2) is 8.03. The highest BCUT2D eigenvalue weighted by Crippen LogP contribution is 2.21. The van der Waals surface area contributed by atoms with Crippen LogP contribution in [0.5, 0.6) is 5.75 Å². The molecule has 138 valence electrons. The molecule has 0 bridgehead atoms. The normalized spacial score (nSPS) is 17.7. The van der Waals surface area contributed by atoms with E-state index in [1.807, 2.05) is 11.8 Å². The number of anilines is 1. The second-order valence-corrected chi connectivity index (χ2v) is 6.15. The lowest BCUT2D eigenvalue weighted by molar-refractivity contribution is 0.191. The molecule has 26 heavy (non-hydrogen) atoms. The summed E-state index contributed by atoms with van der Waals surface area (Å²) in [6, 6.07) is 7.70. The summed E-state index contributed by atoms with van der Waals surface area (Å²) in [5, 5.41) is 2.91. The van der Waals surface area contributed by atoms with E-state index in [9.17, 15) is 9.18 Å². The minimum Gasteiger partial charge on any atom is -0.497 e. The Kier molecular flexibility index (Phi) is 4.43. The number of benzene rings is 1. The van der Waals surface area contributed by atoms with Crippen LogP contribution in [0.2, 0.25) is 0 Å². The summed E-state index contributed by atoms with van der Waals surface area (Å²) < 4.78 is 40.4. The van der Waals surface area contributed by atoms with Crippen LogP contribution in [-0.4, -0.2) is 49.1 Å². The molecule has 1 aromatic carbocycles. The molecule has 6 nitrogen and oxygen atoms in total. The van der Waals surface area contributed by atoms with Gasteiger partial charge in [-0.25, -0.2) is 9.18 Å². The van der Waals surface area contributed by atoms with E-state index >= 15 is 0 Å². The van der Waals surface area contributed by atoms with Crippen molar-refractivity contribution in [2.75, 3.05) is 38.1 Å². The summed E-state index contributed by atoms with van der Waals surface area (Å²) in [6.45, 7) is 3.77. The van der Waals surface area contributed by atoms with Crippen LogP contribution in [0.1, 0.15) is 22.6 Å². The number of hydrogen-bond donors (Lipinski definition) is 1. The molecule has 1 aliphatic heterocycles. The van der Waals surface area contributed by atoms with Crippen LogP contribution >= 0.6 is 0 Å². The van der Waals surface area contributed by atoms with Crippen molar-refractivity contribution < 1.29 is 18.0 Å². The number of hydrogen-bond acceptors (Lipinski definition) is 4. The van der Waals surface area contributed by atoms with Crippen molar-refractivity contribution >= 4 is 11.7 Å². The SMILES string of the molecule is [2H]C([2H])([2H])Oc1cccc([C@@H](C)NC(=O)N2CCN(c3ccncc3F)CC2)c1. The monoisotopic (exact) mass is 361 g/mol. The van der Waals surface area contributed by atoms with E-state index in [1.165, 1.54) is 6.20 Å². The van der Waals surface area contributed by atoms with E-state index in [2.05, 4.69) is 10.3 Å². The summed E-state index contributed by atoms with van der Waals surface area (Å²) in [4.78, 5) is 19.9. The maximum Gasteiger partial charge on any atom is 0.317 e. The Balaban J connectivity index is 1.56. The number of urea groups is 1. The molecule has 1 fully saturated rings. The second-order valence-electron chi connectivity index (χ2n) is 6.15. The van der Waals surface area contributed by atoms with Crippen LogP contribution in [0.4, 0.5) is 14.9 Å². The summed E-state index contributed by atoms with van der Waals surface area (Å²) >= 11 is 0. The van der Waals surface area contributed by atoms with Gasteiger partial charge in [0.1, 0.15) is 5.75 Å². The number of carbonyl (C=O) groups excluding carboxylic acids is 1. The first kappa shape index (κ1) is 14.4. The molecular formula is C19H23FN4O2. The average molecular weight is 361 g/mol. The Hall–Kier alpha value is -2.83. The molecule has 1 aliphatic rings. The molecular weight excluding hydrogens is 335 g/mol. The van der Waals surface area contributed by atoms with Crippen LogP contribution in [-0.2, 0) is 0 Å². The Morgan fingerprint density at radius 3 is 2.88 bits per heavy atom. The van der Waals surface area contributed by atoms with E-state index in [1.54, 1.807) is 41.4 Å². The van der Waals surface area contributed by atoms with Gasteiger partial charge in [-0.1, -0.05) is 12.1 Å². The van der Waals surface area contributed by atoms with Crippen molar-refractivity contribution in [3.8, 4) is 5.75 Å². The maximum atomic E-state index is 13.9. The molecule has 1 atom stereocenters. The maximum absolute atomic E-state index is 13.9. The largest absolute Gasteiger partial charge is 0.497 e. The van der Waals surface area contributed by atoms with Gasteiger partial charge >= 0.3 is 6.03 Å². The Labute approximate surface area is 156 Å². The van der Waals surface area contributed by atoms with Gasteiger partial charge in [0, 0.05) is 32.4 Å². The lowest BCUT2D eigenvalue weighted by Gasteiger charge is -2.36. The third kappa shape index (κ3) is 4.04. The molecule has 1 saturated heterocycles. The molecule has 2 amide bonds. The van der Waals surface area contributed by atoms with Gasteiger partial charge in [-0.05, 0) is 30.7 Å². The van der Waals surface area contributed by atoms with Gasteiger partial charge in [-0.2, -0.15) is 0 Å². The number of carbonyl (C=O) groups is 1. The fourth-order valence-electron chi connectivity index (χ4n) is 2.98. The lowest BCUT2D eigenvalue weighted by Crippen LogP contribution is -2.52. The number of methoxy groups -OCH3 is 1. The van der Waals surface area contributed by atoms with Gasteiger partial charge in [-0.15, -0.1) is 0 Å². The smallest absolute Gasteiger partial charge is 0.317 e. The van der Waals surface area contributed by atoms with Gasteiger partial charge in [-0.3, -0.25) is 4.98 Å². The summed E-state index contributed by atoms with van der Waals surface area (Å²) in [5.41, 5.74) is 1.22. The predicted octanol–water partition coefficient (Wildman–Crippen LogP) is 2.82. The lowest BCUT2D eigenvalue weighted by atomic mass is 10.1. The first-order valence-corrected chi connectivity index (χ1v) is 8.42. The zero-order chi connectivity index (χ0) is 21.0. The molecule has 2 aromatic rings. The standard InChI is InChI=1S/C19H23FN4O2/c1-14(15-4-3-5-16(12-15)26-2)22-19(25)24-10-8-23(9-11-24)18-6-7-21-13-17(18)20/h3-7,12-14H,8-11H2,1-2H3,(H,22,25)/t14-/m1/s1/i2D3. The number of rotatable bonds is 4. The predicted molar refractivity (Wildman–Crippen MR) is 97.9 cm³/mol. The fraction of sp³-hybridized carbons (Fsp3) is 0.368. The van der Waals surface area contributed by atoms with Crippen LogP contribution in [0.25, 0.3) is 0 Å². The van der Waals surface area contributed by atoms with Crippen LogP contribution < -0.4 is 15.0 Å². The van der Waals surface area contributed by atoms with Crippen molar-refractivity contribution in [1.82, 2.24) is 15.2 Å². The minimum absolute atomic E-state index is 0.219. The van der Waals surface area contributed by atoms with Crippen molar-refractivity contribution in [2.24, 2.45) is 0 Å². The van der Waals surface area contributed by atoms with E-state index in [4.69, 9.17) is 8.85 Å². The third-order valence-corrected chi connectivity index (χ3v) is 4.47. The van der Waals surface area contributed by atoms with E-state index in [-0.39, 0.29) is 23.6 Å². The van der Waals surface area contributed by atoms with Crippen LogP contribution in [0.3, 0.4) is 0 Å². The van der Waals surface area contributed by atoms with Crippen molar-refractivity contribution in [3.63, 3.8) is 0 Å². The number of pyridine rings is 1. The number of piperazine rings is 1. The average Bonchev–Trinajstić information content (AvgIpc) is 2.67. The van der Waals surface area contributed by atoms with Crippen molar-refractivity contribution in [2.45, 2.75) is 13.0 Å². The number of aromatic nitrogens is 1. The van der Waals surface area contributed by atoms with E-state index in [0.29, 0.717) is 31.9 Å². The Morgan fingerprint density at radius 2 is 2.15 bits per heavy atom. The number of ether oxygens (including phenoxy) is 1. The molecule has 7 heteroatoms. The number of nitrogens with zero attached hydrogens (tertiary/aromatic N) is 3. The van der Waals surface area contributed by atoms with Gasteiger partial charge < -0.3 is 19.9 Å². The van der Waals surface area contributed by atoms with E-state index in [0.717, 1.165) is 5.56 Å². The van der Waals surface area contributed by atoms with Gasteiger partial charge in [0.05, 0.1) is 29.1 Å².